The number of thiophene rings is 5. The van der Waals surface area contributed by atoms with E-state index in [1.165, 1.54) is 245 Å². The maximum atomic E-state index is 6.00. The van der Waals surface area contributed by atoms with Gasteiger partial charge in [-0.25, -0.2) is 54.8 Å². The van der Waals surface area contributed by atoms with Crippen molar-refractivity contribution in [2.24, 2.45) is 23.7 Å². The fraction of sp³-hybridized carbons (Fsp3) is 0.621. The molecular weight excluding hydrogens is 1540 g/mol. The van der Waals surface area contributed by atoms with Crippen LogP contribution in [0.5, 0.6) is 5.88 Å². The van der Waals surface area contributed by atoms with Gasteiger partial charge in [0.05, 0.1) is 33.3 Å². The van der Waals surface area contributed by atoms with E-state index in [9.17, 15) is 0 Å². The maximum absolute atomic E-state index is 6.00. The quantitative estimate of drug-likeness (QED) is 0.0397. The van der Waals surface area contributed by atoms with Crippen molar-refractivity contribution >= 4 is 131 Å². The SMILES string of the molecule is CN(C)C1C2CC(Nc3ncnc4sc5c(c34)CCC5)CC1C2.CN(C)C1CC2CCC1C(Nc1ncnc3sc4c(c13)CCC4)C2.CN(Cc1cnc[nH]1)C1CCC(Nc2ncnc3sc4c(c23)CCC4)CC1.c1nc(NCCN2CCNCC2)c2c3c(sc2n1)CCC3.c1nc(OCCN2CCNCC2)c2c3c(sc2n1)CCC3. The third kappa shape index (κ3) is 16.9. The normalized spacial score (nSPS) is 25.1. The van der Waals surface area contributed by atoms with Crippen LogP contribution in [0.25, 0.3) is 51.1 Å². The molecule has 2 saturated heterocycles. The molecule has 616 valence electrons. The molecule has 29 heteroatoms. The summed E-state index contributed by atoms with van der Waals surface area (Å²) in [5.41, 5.74) is 8.69. The fourth-order valence-electron chi connectivity index (χ4n) is 22.0. The highest BCUT2D eigenvalue weighted by atomic mass is 32.1. The minimum atomic E-state index is 0.511. The van der Waals surface area contributed by atoms with Gasteiger partial charge < -0.3 is 51.4 Å². The van der Waals surface area contributed by atoms with Crippen LogP contribution in [-0.4, -0.2) is 234 Å². The number of anilines is 4. The van der Waals surface area contributed by atoms with E-state index in [1.54, 1.807) is 47.7 Å². The van der Waals surface area contributed by atoms with Crippen LogP contribution in [0.2, 0.25) is 0 Å². The van der Waals surface area contributed by atoms with Crippen molar-refractivity contribution in [3.8, 4) is 5.88 Å². The summed E-state index contributed by atoms with van der Waals surface area (Å²) in [5.74, 6) is 8.46. The molecule has 11 aromatic heterocycles. The fourth-order valence-corrected chi connectivity index (χ4v) is 28.1. The minimum Gasteiger partial charge on any atom is -0.476 e. The average molecular weight is 1660 g/mol. The average Bonchev–Trinajstić information content (AvgIpc) is 1.60. The molecule has 7 saturated carbocycles. The van der Waals surface area contributed by atoms with Crippen molar-refractivity contribution in [2.75, 3.05) is 135 Å². The summed E-state index contributed by atoms with van der Waals surface area (Å²) < 4.78 is 6.00. The van der Waals surface area contributed by atoms with E-state index in [2.05, 4.69) is 151 Å². The van der Waals surface area contributed by atoms with Crippen LogP contribution in [0.3, 0.4) is 0 Å². The molecule has 116 heavy (non-hydrogen) atoms. The van der Waals surface area contributed by atoms with Crippen molar-refractivity contribution in [3.63, 3.8) is 0 Å². The zero-order chi connectivity index (χ0) is 78.2. The van der Waals surface area contributed by atoms with Crippen molar-refractivity contribution in [3.05, 3.63) is 102 Å². The highest BCUT2D eigenvalue weighted by Gasteiger charge is 2.49. The second-order valence-corrected chi connectivity index (χ2v) is 40.7. The van der Waals surface area contributed by atoms with E-state index in [0.29, 0.717) is 30.8 Å². The number of ether oxygens (including phenoxy) is 1. The Morgan fingerprint density at radius 3 is 1.41 bits per heavy atom. The van der Waals surface area contributed by atoms with E-state index in [1.807, 2.05) is 62.9 Å². The number of aromatic nitrogens is 12. The molecular formula is C87H117N23OS5. The lowest BCUT2D eigenvalue weighted by atomic mass is 9.59. The van der Waals surface area contributed by atoms with Crippen molar-refractivity contribution in [2.45, 2.75) is 210 Å². The molecule has 0 amide bonds. The molecule has 0 radical (unpaired) electrons. The van der Waals surface area contributed by atoms with E-state index < -0.39 is 0 Å². The summed E-state index contributed by atoms with van der Waals surface area (Å²) in [7, 11) is 11.2. The number of nitrogens with one attached hydrogen (secondary N) is 7. The number of aromatic amines is 1. The van der Waals surface area contributed by atoms with Crippen LogP contribution in [0.4, 0.5) is 23.3 Å². The number of hydrogen-bond donors (Lipinski definition) is 7. The molecule has 9 fully saturated rings. The van der Waals surface area contributed by atoms with Crippen LogP contribution in [-0.2, 0) is 70.8 Å². The van der Waals surface area contributed by atoms with Gasteiger partial charge in [0.15, 0.2) is 0 Å². The lowest BCUT2D eigenvalue weighted by Crippen LogP contribution is -2.57. The lowest BCUT2D eigenvalue weighted by molar-refractivity contribution is -0.0190. The van der Waals surface area contributed by atoms with Crippen LogP contribution in [0.15, 0.2) is 44.2 Å². The molecule has 7 N–H and O–H groups in total. The Labute approximate surface area is 702 Å². The summed E-state index contributed by atoms with van der Waals surface area (Å²) >= 11 is 9.29. The summed E-state index contributed by atoms with van der Waals surface area (Å²) in [6.07, 6.45) is 44.9. The van der Waals surface area contributed by atoms with E-state index >= 15 is 0 Å². The largest absolute Gasteiger partial charge is 0.476 e. The highest BCUT2D eigenvalue weighted by molar-refractivity contribution is 7.20. The van der Waals surface area contributed by atoms with Gasteiger partial charge in [0.1, 0.15) is 85.7 Å². The van der Waals surface area contributed by atoms with Crippen LogP contribution >= 0.6 is 56.7 Å². The molecule has 6 atom stereocenters. The van der Waals surface area contributed by atoms with Crippen LogP contribution in [0, 0.1) is 23.7 Å². The van der Waals surface area contributed by atoms with Gasteiger partial charge in [-0.15, -0.1) is 56.7 Å². The first-order valence-corrected chi connectivity index (χ1v) is 47.9. The molecule has 0 aromatic carbocycles. The smallest absolute Gasteiger partial charge is 0.225 e. The molecule has 13 heterocycles. The van der Waals surface area contributed by atoms with Gasteiger partial charge in [-0.1, -0.05) is 0 Å². The Hall–Kier alpha value is -6.87. The Morgan fingerprint density at radius 2 is 0.922 bits per heavy atom. The number of fused-ring (bicyclic) bond motifs is 20. The number of hydrogen-bond acceptors (Lipinski definition) is 28. The highest BCUT2D eigenvalue weighted by Crippen LogP contribution is 2.51. The summed E-state index contributed by atoms with van der Waals surface area (Å²) in [6.45, 7) is 13.5. The van der Waals surface area contributed by atoms with Crippen molar-refractivity contribution in [1.82, 2.24) is 94.9 Å². The summed E-state index contributed by atoms with van der Waals surface area (Å²) in [6, 6.07) is 3.84. The van der Waals surface area contributed by atoms with Crippen LogP contribution < -0.4 is 36.6 Å². The van der Waals surface area contributed by atoms with Crippen molar-refractivity contribution < 1.29 is 4.74 Å². The molecule has 2 aliphatic heterocycles. The van der Waals surface area contributed by atoms with E-state index in [4.69, 9.17) is 4.74 Å². The molecule has 12 aliphatic carbocycles. The molecule has 14 aliphatic rings. The molecule has 24 nitrogen and oxygen atoms in total. The van der Waals surface area contributed by atoms with E-state index in [0.717, 1.165) is 164 Å². The number of aryl methyl sites for hydroxylation is 10. The predicted molar refractivity (Wildman–Crippen MR) is 476 cm³/mol. The third-order valence-corrected chi connectivity index (χ3v) is 33.6. The third-order valence-electron chi connectivity index (χ3n) is 27.6. The standard InChI is InChI=1S/C20H26N6S.C19H26N4S.C18H24N4S.C15H21N5S.C15H20N4OS/c1-26(10-14-9-21-11-22-14)15-7-5-13(6-8-15)25-19-18-16-3-2-4-17(16)27-20(18)24-12-23-19;1-23(2)15-9-11-6-7-12(15)14(8-11)22-18-17-13-4-3-5-16(13)24-19(17)21-10-20-18;1-22(2)16-10-6-11(16)8-12(7-10)21-17-15-13-4-3-5-14(13)23-18(15)20-9-19-17;1-2-11-12(3-1)21-15-13(11)14(18-10-19-15)17-6-9-20-7-4-16-5-8-20;1-2-11-12(3-1)21-15-13(11)14(17-10-18-15)20-9-8-19-6-4-16-5-7-19/h9,11-13,15H,2-8,10H2,1H3,(H,21,22)(H,23,24,25);10-12,14-15H,3-9H2,1-2H3,(H,20,21,22);9-12,16H,3-8H2,1-2H3,(H,19,20,21);10,16H,1-9H2,(H,17,18,19);10,16H,1-9H2. The Balaban J connectivity index is 0.0000000970. The van der Waals surface area contributed by atoms with Gasteiger partial charge in [0.25, 0.3) is 0 Å². The monoisotopic (exact) mass is 1660 g/mol. The summed E-state index contributed by atoms with van der Waals surface area (Å²) in [5, 5.41) is 28.2. The Kier molecular flexibility index (Phi) is 24.4. The zero-order valence-electron chi connectivity index (χ0n) is 68.5. The first kappa shape index (κ1) is 78.9. The second kappa shape index (κ2) is 35.8. The lowest BCUT2D eigenvalue weighted by Gasteiger charge is -2.55. The molecule has 4 bridgehead atoms. The first-order valence-electron chi connectivity index (χ1n) is 43.8. The summed E-state index contributed by atoms with van der Waals surface area (Å²) in [4.78, 5) is 78.2. The van der Waals surface area contributed by atoms with Gasteiger partial charge in [0, 0.05) is 151 Å². The number of rotatable bonds is 19. The van der Waals surface area contributed by atoms with Gasteiger partial charge in [0.2, 0.25) is 5.88 Å². The number of nitrogens with zero attached hydrogens (tertiary/aromatic N) is 16. The van der Waals surface area contributed by atoms with E-state index in [-0.39, 0.29) is 0 Å². The van der Waals surface area contributed by atoms with Crippen LogP contribution in [0.1, 0.15) is 161 Å². The van der Waals surface area contributed by atoms with Gasteiger partial charge in [-0.05, 0) is 254 Å². The predicted octanol–water partition coefficient (Wildman–Crippen LogP) is 13.8. The van der Waals surface area contributed by atoms with Gasteiger partial charge in [-0.2, -0.15) is 0 Å². The maximum Gasteiger partial charge on any atom is 0.225 e. The van der Waals surface area contributed by atoms with Gasteiger partial charge in [-0.3, -0.25) is 14.7 Å². The van der Waals surface area contributed by atoms with Crippen molar-refractivity contribution in [1.29, 1.82) is 0 Å². The minimum absolute atomic E-state index is 0.511. The Morgan fingerprint density at radius 1 is 0.457 bits per heavy atom. The molecule has 6 unspecified atom stereocenters. The van der Waals surface area contributed by atoms with Gasteiger partial charge >= 0.3 is 0 Å². The molecule has 11 aromatic rings. The zero-order valence-corrected chi connectivity index (χ0v) is 72.6. The topological polar surface area (TPSA) is 255 Å². The molecule has 0 spiro atoms. The number of piperazine rings is 2. The molecule has 25 rings (SSSR count). The number of imidazole rings is 1. The second-order valence-electron chi connectivity index (χ2n) is 35.2. The number of H-pyrrole nitrogens is 1. The Bertz CT molecular complexity index is 5040. The first-order chi connectivity index (χ1) is 57.0.